The largest absolute Gasteiger partial charge is 0.550 e. The molecule has 5 heteroatoms. The smallest absolute Gasteiger partial charge is 0.246 e. The molecule has 0 radical (unpaired) electrons. The summed E-state index contributed by atoms with van der Waals surface area (Å²) in [6, 6.07) is 0. The Balaban J connectivity index is 3.39. The van der Waals surface area contributed by atoms with Crippen molar-refractivity contribution in [1.82, 2.24) is 5.32 Å². The number of hydrogen-bond acceptors (Lipinski definition) is 3. The molecule has 0 rings (SSSR count). The maximum atomic E-state index is 11.3. The van der Waals surface area contributed by atoms with Crippen LogP contribution in [0.2, 0.25) is 0 Å². The first-order chi connectivity index (χ1) is 11.7. The van der Waals surface area contributed by atoms with Crippen molar-refractivity contribution in [3.05, 3.63) is 12.2 Å². The molecule has 0 aliphatic rings. The highest BCUT2D eigenvalue weighted by atomic mass is 16.4. The molecular formula is C20H38N2O3. The Morgan fingerprint density at radius 1 is 0.880 bits per heavy atom. The molecule has 1 N–H and O–H groups in total. The molecule has 0 atom stereocenters. The first-order valence-electron chi connectivity index (χ1n) is 9.70. The zero-order valence-corrected chi connectivity index (χ0v) is 16.6. The van der Waals surface area contributed by atoms with Crippen LogP contribution in [-0.2, 0) is 9.59 Å². The normalized spacial score (nSPS) is 11.3. The molecule has 0 bridgehead atoms. The molecule has 0 aromatic rings. The number of carboxylic acids is 1. The summed E-state index contributed by atoms with van der Waals surface area (Å²) in [5, 5.41) is 13.3. The van der Waals surface area contributed by atoms with Gasteiger partial charge in [-0.2, -0.15) is 0 Å². The summed E-state index contributed by atoms with van der Waals surface area (Å²) < 4.78 is 0.892. The van der Waals surface area contributed by atoms with Gasteiger partial charge in [0.05, 0.1) is 27.2 Å². The van der Waals surface area contributed by atoms with E-state index in [4.69, 9.17) is 0 Å². The number of carbonyl (C=O) groups is 2. The van der Waals surface area contributed by atoms with Crippen molar-refractivity contribution < 1.29 is 19.2 Å². The number of carbonyl (C=O) groups excluding carboxylic acids is 2. The molecule has 0 spiro atoms. The predicted octanol–water partition coefficient (Wildman–Crippen LogP) is 2.41. The maximum absolute atomic E-state index is 11.3. The molecule has 0 unspecified atom stereocenters. The summed E-state index contributed by atoms with van der Waals surface area (Å²) in [7, 11) is 4.34. The summed E-state index contributed by atoms with van der Waals surface area (Å²) in [5.41, 5.74) is 0.570. The van der Waals surface area contributed by atoms with E-state index in [0.29, 0.717) is 12.0 Å². The van der Waals surface area contributed by atoms with E-state index in [9.17, 15) is 14.7 Å². The highest BCUT2D eigenvalue weighted by molar-refractivity contribution is 5.91. The number of quaternary nitrogens is 1. The van der Waals surface area contributed by atoms with Crippen molar-refractivity contribution >= 4 is 11.9 Å². The summed E-state index contributed by atoms with van der Waals surface area (Å²) in [4.78, 5) is 21.7. The van der Waals surface area contributed by atoms with Gasteiger partial charge in [0, 0.05) is 24.5 Å². The monoisotopic (exact) mass is 354 g/mol. The number of unbranched alkanes of at least 4 members (excludes halogenated alkanes) is 7. The lowest BCUT2D eigenvalue weighted by Crippen LogP contribution is -2.41. The highest BCUT2D eigenvalue weighted by Crippen LogP contribution is 2.11. The van der Waals surface area contributed by atoms with Gasteiger partial charge in [-0.1, -0.05) is 38.7 Å². The Labute approximate surface area is 154 Å². The topological polar surface area (TPSA) is 69.2 Å². The summed E-state index contributed by atoms with van der Waals surface area (Å²) in [6.07, 6.45) is 10.5. The van der Waals surface area contributed by atoms with Gasteiger partial charge in [-0.05, 0) is 32.6 Å². The highest BCUT2D eigenvalue weighted by Gasteiger charge is 2.13. The van der Waals surface area contributed by atoms with Crippen LogP contribution in [-0.4, -0.2) is 50.1 Å². The quantitative estimate of drug-likeness (QED) is 0.263. The van der Waals surface area contributed by atoms with Crippen LogP contribution in [0.4, 0.5) is 0 Å². The number of aliphatic carboxylic acids is 1. The predicted molar refractivity (Wildman–Crippen MR) is 101 cm³/mol. The second kappa shape index (κ2) is 13.9. The third-order valence-corrected chi connectivity index (χ3v) is 4.51. The van der Waals surface area contributed by atoms with E-state index < -0.39 is 5.97 Å². The lowest BCUT2D eigenvalue weighted by Gasteiger charge is -2.30. The second-order valence-corrected chi connectivity index (χ2v) is 7.72. The third-order valence-electron chi connectivity index (χ3n) is 4.51. The standard InChI is InChI=1S/C20H38N2O3/c1-18(2)20(25)21-15-11-9-7-5-6-8-10-12-16-22(3,4)17-13-14-19(23)24/h1,5-17H2,2-4H3,(H-,21,23,24,25). The maximum Gasteiger partial charge on any atom is 0.246 e. The van der Waals surface area contributed by atoms with E-state index in [0.717, 1.165) is 30.5 Å². The Bertz CT molecular complexity index is 406. The van der Waals surface area contributed by atoms with Crippen LogP contribution in [0.1, 0.15) is 71.1 Å². The zero-order valence-electron chi connectivity index (χ0n) is 16.6. The summed E-state index contributed by atoms with van der Waals surface area (Å²) in [6.45, 7) is 8.09. The minimum atomic E-state index is -0.946. The van der Waals surface area contributed by atoms with E-state index in [1.165, 1.54) is 44.9 Å². The van der Waals surface area contributed by atoms with Gasteiger partial charge in [-0.15, -0.1) is 0 Å². The molecule has 0 aliphatic heterocycles. The number of amides is 1. The molecule has 0 saturated carbocycles. The SMILES string of the molecule is C=C(C)C(=O)NCCCCCCCCCC[N+](C)(C)CCCC(=O)[O-]. The van der Waals surface area contributed by atoms with E-state index in [1.54, 1.807) is 6.92 Å². The Kier molecular flexibility index (Phi) is 13.1. The molecule has 146 valence electrons. The van der Waals surface area contributed by atoms with E-state index in [1.807, 2.05) is 0 Å². The van der Waals surface area contributed by atoms with Crippen LogP contribution in [0.3, 0.4) is 0 Å². The average Bonchev–Trinajstić information content (AvgIpc) is 2.51. The van der Waals surface area contributed by atoms with Crippen LogP contribution in [0.15, 0.2) is 12.2 Å². The van der Waals surface area contributed by atoms with Gasteiger partial charge in [-0.25, -0.2) is 0 Å². The van der Waals surface area contributed by atoms with E-state index in [2.05, 4.69) is 26.0 Å². The molecule has 0 fully saturated rings. The molecule has 0 aliphatic carbocycles. The molecular weight excluding hydrogens is 316 g/mol. The Hall–Kier alpha value is -1.36. The van der Waals surface area contributed by atoms with E-state index in [-0.39, 0.29) is 12.3 Å². The first-order valence-corrected chi connectivity index (χ1v) is 9.70. The van der Waals surface area contributed by atoms with Gasteiger partial charge < -0.3 is 19.7 Å². The Morgan fingerprint density at radius 3 is 1.88 bits per heavy atom. The van der Waals surface area contributed by atoms with Gasteiger partial charge in [0.25, 0.3) is 0 Å². The van der Waals surface area contributed by atoms with Crippen LogP contribution in [0, 0.1) is 0 Å². The van der Waals surface area contributed by atoms with Crippen LogP contribution in [0.25, 0.3) is 0 Å². The van der Waals surface area contributed by atoms with Crippen molar-refractivity contribution in [1.29, 1.82) is 0 Å². The van der Waals surface area contributed by atoms with Crippen LogP contribution in [0.5, 0.6) is 0 Å². The first kappa shape index (κ1) is 23.6. The van der Waals surface area contributed by atoms with E-state index >= 15 is 0 Å². The van der Waals surface area contributed by atoms with Gasteiger partial charge in [-0.3, -0.25) is 4.79 Å². The summed E-state index contributed by atoms with van der Waals surface area (Å²) in [5.74, 6) is -0.987. The van der Waals surface area contributed by atoms with Gasteiger partial charge in [0.15, 0.2) is 0 Å². The second-order valence-electron chi connectivity index (χ2n) is 7.72. The fraction of sp³-hybridized carbons (Fsp3) is 0.800. The molecule has 0 saturated heterocycles. The lowest BCUT2D eigenvalue weighted by atomic mass is 10.1. The fourth-order valence-electron chi connectivity index (χ4n) is 2.84. The molecule has 0 heterocycles. The van der Waals surface area contributed by atoms with Gasteiger partial charge in [0.1, 0.15) is 0 Å². The number of carboxylic acid groups (broad SMARTS) is 1. The van der Waals surface area contributed by atoms with Crippen molar-refractivity contribution in [2.75, 3.05) is 33.7 Å². The molecule has 1 amide bonds. The average molecular weight is 355 g/mol. The number of nitrogens with one attached hydrogen (secondary N) is 1. The molecule has 25 heavy (non-hydrogen) atoms. The number of hydrogen-bond donors (Lipinski definition) is 1. The fourth-order valence-corrected chi connectivity index (χ4v) is 2.84. The van der Waals surface area contributed by atoms with Crippen LogP contribution < -0.4 is 10.4 Å². The zero-order chi connectivity index (χ0) is 19.1. The summed E-state index contributed by atoms with van der Waals surface area (Å²) >= 11 is 0. The minimum absolute atomic E-state index is 0.0408. The number of rotatable bonds is 16. The lowest BCUT2D eigenvalue weighted by molar-refractivity contribution is -0.890. The molecule has 5 nitrogen and oxygen atoms in total. The third kappa shape index (κ3) is 15.9. The van der Waals surface area contributed by atoms with Crippen molar-refractivity contribution in [3.63, 3.8) is 0 Å². The molecule has 0 aromatic carbocycles. The van der Waals surface area contributed by atoms with Gasteiger partial charge in [0.2, 0.25) is 5.91 Å². The Morgan fingerprint density at radius 2 is 1.36 bits per heavy atom. The van der Waals surface area contributed by atoms with Crippen molar-refractivity contribution in [2.24, 2.45) is 0 Å². The molecule has 0 aromatic heterocycles. The van der Waals surface area contributed by atoms with Gasteiger partial charge >= 0.3 is 0 Å². The van der Waals surface area contributed by atoms with Crippen molar-refractivity contribution in [2.45, 2.75) is 71.1 Å². The minimum Gasteiger partial charge on any atom is -0.550 e. The van der Waals surface area contributed by atoms with Crippen LogP contribution >= 0.6 is 0 Å². The number of nitrogens with zero attached hydrogens (tertiary/aromatic N) is 1. The van der Waals surface area contributed by atoms with Crippen molar-refractivity contribution in [3.8, 4) is 0 Å².